The van der Waals surface area contributed by atoms with Gasteiger partial charge in [0.25, 0.3) is 0 Å². The van der Waals surface area contributed by atoms with Crippen LogP contribution >= 0.6 is 11.6 Å². The van der Waals surface area contributed by atoms with Crippen molar-refractivity contribution in [2.75, 3.05) is 38.0 Å². The van der Waals surface area contributed by atoms with Crippen molar-refractivity contribution in [1.82, 2.24) is 15.0 Å². The fraction of sp³-hybridized carbons (Fsp3) is 0.565. The third-order valence-corrected chi connectivity index (χ3v) is 6.52. The van der Waals surface area contributed by atoms with Crippen molar-refractivity contribution < 1.29 is 23.7 Å². The number of ether oxygens (including phenoxy) is 4. The first-order chi connectivity index (χ1) is 16.4. The van der Waals surface area contributed by atoms with Crippen LogP contribution in [0.5, 0.6) is 5.75 Å². The summed E-state index contributed by atoms with van der Waals surface area (Å²) in [6, 6.07) is 0. The first-order valence-electron chi connectivity index (χ1n) is 11.3. The number of methoxy groups -OCH3 is 2. The number of aromatic nitrogens is 3. The molecule has 2 aliphatic heterocycles. The van der Waals surface area contributed by atoms with E-state index in [0.29, 0.717) is 31.1 Å². The van der Waals surface area contributed by atoms with Crippen LogP contribution in [0.1, 0.15) is 54.0 Å². The zero-order chi connectivity index (χ0) is 24.2. The van der Waals surface area contributed by atoms with Crippen molar-refractivity contribution in [2.24, 2.45) is 0 Å². The summed E-state index contributed by atoms with van der Waals surface area (Å²) >= 11 is 6.39. The van der Waals surface area contributed by atoms with Gasteiger partial charge in [-0.3, -0.25) is 9.78 Å². The molecule has 2 aliphatic rings. The molecule has 0 aliphatic carbocycles. The second-order valence-corrected chi connectivity index (χ2v) is 8.82. The molecule has 2 unspecified atom stereocenters. The summed E-state index contributed by atoms with van der Waals surface area (Å²) in [5.74, 6) is 0.876. The van der Waals surface area contributed by atoms with Gasteiger partial charge in [-0.05, 0) is 26.2 Å². The number of carbonyl (C=O) groups is 1. The first-order valence-corrected chi connectivity index (χ1v) is 11.7. The Bertz CT molecular complexity index is 1050. The van der Waals surface area contributed by atoms with Gasteiger partial charge in [0.1, 0.15) is 16.7 Å². The summed E-state index contributed by atoms with van der Waals surface area (Å²) in [4.78, 5) is 27.2. The van der Waals surface area contributed by atoms with Gasteiger partial charge in [-0.1, -0.05) is 11.6 Å². The number of halogens is 1. The minimum atomic E-state index is -0.326. The monoisotopic (exact) mass is 491 g/mol. The number of nitrogens with zero attached hydrogens (tertiary/aromatic N) is 4. The normalized spacial score (nSPS) is 19.7. The average molecular weight is 492 g/mol. The van der Waals surface area contributed by atoms with Crippen LogP contribution in [-0.2, 0) is 32.2 Å². The molecule has 184 valence electrons. The number of hydrogen-bond donors (Lipinski definition) is 1. The Morgan fingerprint density at radius 2 is 2.15 bits per heavy atom. The van der Waals surface area contributed by atoms with Crippen molar-refractivity contribution in [2.45, 2.75) is 58.0 Å². The van der Waals surface area contributed by atoms with Gasteiger partial charge in [0.2, 0.25) is 5.95 Å². The molecule has 2 N–H and O–H groups in total. The van der Waals surface area contributed by atoms with Crippen LogP contribution in [-0.4, -0.2) is 54.6 Å². The maximum Gasteiger partial charge on any atom is 0.306 e. The predicted octanol–water partition coefficient (Wildman–Crippen LogP) is 3.13. The van der Waals surface area contributed by atoms with Crippen LogP contribution < -0.4 is 15.4 Å². The zero-order valence-electron chi connectivity index (χ0n) is 19.7. The molecule has 4 rings (SSSR count). The molecule has 2 atom stereocenters. The maximum atomic E-state index is 12.0. The lowest BCUT2D eigenvalue weighted by Gasteiger charge is -2.24. The summed E-state index contributed by atoms with van der Waals surface area (Å²) in [6.45, 7) is 3.99. The fourth-order valence-electron chi connectivity index (χ4n) is 4.51. The lowest BCUT2D eigenvalue weighted by molar-refractivity contribution is -0.169. The maximum absolute atomic E-state index is 12.0. The number of esters is 1. The van der Waals surface area contributed by atoms with Gasteiger partial charge in [0.15, 0.2) is 6.29 Å². The Morgan fingerprint density at radius 3 is 2.85 bits per heavy atom. The first kappa shape index (κ1) is 24.4. The van der Waals surface area contributed by atoms with E-state index in [-0.39, 0.29) is 35.7 Å². The molecule has 0 spiro atoms. The molecule has 10 nitrogen and oxygen atoms in total. The summed E-state index contributed by atoms with van der Waals surface area (Å²) in [5, 5.41) is 0.249. The number of hydrogen-bond acceptors (Lipinski definition) is 10. The van der Waals surface area contributed by atoms with Crippen LogP contribution in [0.15, 0.2) is 6.20 Å². The molecule has 0 bridgehead atoms. The van der Waals surface area contributed by atoms with Gasteiger partial charge in [-0.25, -0.2) is 4.98 Å². The Labute approximate surface area is 203 Å². The summed E-state index contributed by atoms with van der Waals surface area (Å²) in [5.41, 5.74) is 9.14. The lowest BCUT2D eigenvalue weighted by Crippen LogP contribution is -2.24. The molecule has 1 saturated heterocycles. The van der Waals surface area contributed by atoms with E-state index >= 15 is 0 Å². The predicted molar refractivity (Wildman–Crippen MR) is 126 cm³/mol. The average Bonchev–Trinajstić information content (AvgIpc) is 3.16. The van der Waals surface area contributed by atoms with Gasteiger partial charge in [0.05, 0.1) is 39.5 Å². The second-order valence-electron chi connectivity index (χ2n) is 8.46. The molecule has 1 fully saturated rings. The van der Waals surface area contributed by atoms with E-state index in [1.54, 1.807) is 13.3 Å². The van der Waals surface area contributed by atoms with Crippen molar-refractivity contribution in [3.63, 3.8) is 0 Å². The van der Waals surface area contributed by atoms with E-state index in [2.05, 4.69) is 9.97 Å². The van der Waals surface area contributed by atoms with Crippen molar-refractivity contribution in [3.8, 4) is 5.75 Å². The molecule has 34 heavy (non-hydrogen) atoms. The highest BCUT2D eigenvalue weighted by atomic mass is 35.5. The Kier molecular flexibility index (Phi) is 7.70. The largest absolute Gasteiger partial charge is 0.496 e. The van der Waals surface area contributed by atoms with E-state index in [0.717, 1.165) is 48.4 Å². The smallest absolute Gasteiger partial charge is 0.306 e. The van der Waals surface area contributed by atoms with Crippen LogP contribution in [0.25, 0.3) is 0 Å². The molecular formula is C23H30ClN5O5. The zero-order valence-corrected chi connectivity index (χ0v) is 20.4. The number of rotatable bonds is 8. The van der Waals surface area contributed by atoms with Crippen LogP contribution in [0.2, 0.25) is 5.15 Å². The standard InChI is InChI=1S/C23H30ClN5O5/c1-13-16(26-9-15(20(13)32-3)12-34-18-6-4-5-7-33-18)11-29-10-14(8-17(30)31-2)19-21(24)27-23(25)28-22(19)29/h9,14,18H,4-8,10-12H2,1-3H3,(H2,25,27,28). The third kappa shape index (κ3) is 5.18. The Balaban J connectivity index is 1.55. The van der Waals surface area contributed by atoms with Gasteiger partial charge in [0, 0.05) is 42.0 Å². The highest BCUT2D eigenvalue weighted by Gasteiger charge is 2.35. The van der Waals surface area contributed by atoms with Gasteiger partial charge < -0.3 is 29.6 Å². The number of anilines is 2. The van der Waals surface area contributed by atoms with Gasteiger partial charge in [-0.2, -0.15) is 4.98 Å². The molecule has 0 radical (unpaired) electrons. The van der Waals surface area contributed by atoms with E-state index in [1.165, 1.54) is 7.11 Å². The van der Waals surface area contributed by atoms with Gasteiger partial charge >= 0.3 is 5.97 Å². The minimum absolute atomic E-state index is 0.0761. The third-order valence-electron chi connectivity index (χ3n) is 6.23. The van der Waals surface area contributed by atoms with Gasteiger partial charge in [-0.15, -0.1) is 0 Å². The van der Waals surface area contributed by atoms with Crippen LogP contribution in [0.4, 0.5) is 11.8 Å². The van der Waals surface area contributed by atoms with Crippen molar-refractivity contribution in [1.29, 1.82) is 0 Å². The molecule has 4 heterocycles. The van der Waals surface area contributed by atoms with Crippen LogP contribution in [0, 0.1) is 6.92 Å². The number of pyridine rings is 1. The molecule has 2 aromatic heterocycles. The Hall–Kier alpha value is -2.69. The quantitative estimate of drug-likeness (QED) is 0.435. The summed E-state index contributed by atoms with van der Waals surface area (Å²) in [6.07, 6.45) is 4.81. The molecule has 0 amide bonds. The molecule has 2 aromatic rings. The summed E-state index contributed by atoms with van der Waals surface area (Å²) < 4.78 is 22.2. The van der Waals surface area contributed by atoms with Crippen LogP contribution in [0.3, 0.4) is 0 Å². The lowest BCUT2D eigenvalue weighted by atomic mass is 10.0. The Morgan fingerprint density at radius 1 is 1.32 bits per heavy atom. The van der Waals surface area contributed by atoms with E-state index in [9.17, 15) is 4.79 Å². The molecular weight excluding hydrogens is 462 g/mol. The second kappa shape index (κ2) is 10.7. The minimum Gasteiger partial charge on any atom is -0.496 e. The summed E-state index contributed by atoms with van der Waals surface area (Å²) in [7, 11) is 3.00. The van der Waals surface area contributed by atoms with Crippen molar-refractivity contribution in [3.05, 3.63) is 33.7 Å². The molecule has 0 aromatic carbocycles. The van der Waals surface area contributed by atoms with Crippen molar-refractivity contribution >= 4 is 29.3 Å². The topological polar surface area (TPSA) is 122 Å². The molecule has 11 heteroatoms. The number of nitrogens with two attached hydrogens (primary N) is 1. The highest BCUT2D eigenvalue weighted by Crippen LogP contribution is 2.42. The number of carbonyl (C=O) groups excluding carboxylic acids is 1. The highest BCUT2D eigenvalue weighted by molar-refractivity contribution is 6.30. The van der Waals surface area contributed by atoms with E-state index in [1.807, 2.05) is 11.8 Å². The van der Waals surface area contributed by atoms with E-state index in [4.69, 9.17) is 41.3 Å². The molecule has 0 saturated carbocycles. The SMILES string of the molecule is COC(=O)CC1CN(Cc2ncc(COC3CCCCO3)c(OC)c2C)c2nc(N)nc(Cl)c21. The number of nitrogen functional groups attached to an aromatic ring is 1. The van der Waals surface area contributed by atoms with E-state index < -0.39 is 0 Å². The number of fused-ring (bicyclic) bond motifs is 1. The fourth-order valence-corrected chi connectivity index (χ4v) is 4.83.